The Balaban J connectivity index is 2.79. The van der Waals surface area contributed by atoms with Crippen molar-refractivity contribution in [3.63, 3.8) is 0 Å². The molecule has 4 heteroatoms. The van der Waals surface area contributed by atoms with Gasteiger partial charge in [0, 0.05) is 0 Å². The van der Waals surface area contributed by atoms with Crippen molar-refractivity contribution in [1.29, 1.82) is 0 Å². The molecule has 1 unspecified atom stereocenters. The average Bonchev–Trinajstić information content (AvgIpc) is 2.45. The molecule has 1 aromatic rings. The second-order valence-electron chi connectivity index (χ2n) is 8.94. The number of allylic oxidation sites excluding steroid dienone is 4. The van der Waals surface area contributed by atoms with Gasteiger partial charge < -0.3 is 0 Å². The molecule has 0 spiro atoms. The molecular formula is C20H31O3P. The summed E-state index contributed by atoms with van der Waals surface area (Å²) in [6.07, 6.45) is 7.56. The molecule has 0 aromatic heterocycles. The van der Waals surface area contributed by atoms with Crippen molar-refractivity contribution in [2.24, 2.45) is 16.2 Å². The third kappa shape index (κ3) is 2.78. The van der Waals surface area contributed by atoms with Crippen LogP contribution in [-0.2, 0) is 0 Å². The summed E-state index contributed by atoms with van der Waals surface area (Å²) in [5.41, 5.74) is -2.05. The summed E-state index contributed by atoms with van der Waals surface area (Å²) in [7, 11) is -5.17. The Labute approximate surface area is 145 Å². The van der Waals surface area contributed by atoms with Gasteiger partial charge in [-0.3, -0.25) is 0 Å². The molecule has 0 fully saturated rings. The Kier molecular flexibility index (Phi) is 4.44. The van der Waals surface area contributed by atoms with E-state index in [0.29, 0.717) is 0 Å². The van der Waals surface area contributed by atoms with Crippen LogP contribution >= 0.6 is 7.28 Å². The maximum absolute atomic E-state index is 11.3. The van der Waals surface area contributed by atoms with Gasteiger partial charge in [-0.2, -0.15) is 0 Å². The van der Waals surface area contributed by atoms with Gasteiger partial charge in [0.2, 0.25) is 0 Å². The van der Waals surface area contributed by atoms with Crippen LogP contribution in [0.3, 0.4) is 0 Å². The van der Waals surface area contributed by atoms with E-state index in [4.69, 9.17) is 0 Å². The van der Waals surface area contributed by atoms with Crippen LogP contribution in [0.15, 0.2) is 54.6 Å². The molecule has 0 saturated heterocycles. The van der Waals surface area contributed by atoms with Gasteiger partial charge in [-0.1, -0.05) is 0 Å². The van der Waals surface area contributed by atoms with Crippen LogP contribution in [0, 0.1) is 16.2 Å². The minimum absolute atomic E-state index is 0.200. The van der Waals surface area contributed by atoms with E-state index in [9.17, 15) is 14.7 Å². The van der Waals surface area contributed by atoms with E-state index < -0.39 is 18.4 Å². The van der Waals surface area contributed by atoms with Gasteiger partial charge in [0.1, 0.15) is 0 Å². The van der Waals surface area contributed by atoms with Crippen LogP contribution in [0.25, 0.3) is 0 Å². The zero-order valence-electron chi connectivity index (χ0n) is 15.6. The van der Waals surface area contributed by atoms with Crippen molar-refractivity contribution in [1.82, 2.24) is 0 Å². The average molecular weight is 350 g/mol. The summed E-state index contributed by atoms with van der Waals surface area (Å²) < 4.78 is 0. The number of hydrogen-bond acceptors (Lipinski definition) is 3. The van der Waals surface area contributed by atoms with Gasteiger partial charge in [-0.05, 0) is 0 Å². The molecule has 1 aromatic carbocycles. The van der Waals surface area contributed by atoms with Crippen molar-refractivity contribution in [2.75, 3.05) is 0 Å². The summed E-state index contributed by atoms with van der Waals surface area (Å²) in [6, 6.07) is 8.43. The first-order valence-corrected chi connectivity index (χ1v) is 10.6. The van der Waals surface area contributed by atoms with Crippen molar-refractivity contribution in [3.8, 4) is 0 Å². The first-order valence-electron chi connectivity index (χ1n) is 8.40. The maximum atomic E-state index is 11.3. The molecule has 1 aliphatic carbocycles. The second kappa shape index (κ2) is 5.51. The molecular weight excluding hydrogens is 319 g/mol. The van der Waals surface area contributed by atoms with E-state index >= 15 is 0 Å². The zero-order chi connectivity index (χ0) is 18.5. The van der Waals surface area contributed by atoms with Crippen LogP contribution in [0.5, 0.6) is 0 Å². The van der Waals surface area contributed by atoms with Gasteiger partial charge in [0.15, 0.2) is 0 Å². The monoisotopic (exact) mass is 350 g/mol. The van der Waals surface area contributed by atoms with E-state index in [-0.39, 0.29) is 16.1 Å². The zero-order valence-corrected chi connectivity index (χ0v) is 16.5. The summed E-state index contributed by atoms with van der Waals surface area (Å²) >= 11 is 0. The Morgan fingerprint density at radius 2 is 1.33 bits per heavy atom. The van der Waals surface area contributed by atoms with E-state index in [0.717, 1.165) is 0 Å². The predicted molar refractivity (Wildman–Crippen MR) is 103 cm³/mol. The van der Waals surface area contributed by atoms with E-state index in [1.165, 1.54) is 0 Å². The Hall–Kier alpha value is -0.990. The van der Waals surface area contributed by atoms with E-state index in [2.05, 4.69) is 41.5 Å². The third-order valence-electron chi connectivity index (χ3n) is 5.48. The first-order chi connectivity index (χ1) is 10.7. The molecule has 0 radical (unpaired) electrons. The van der Waals surface area contributed by atoms with Crippen molar-refractivity contribution in [3.05, 3.63) is 54.6 Å². The topological polar surface area (TPSA) is 60.7 Å². The molecule has 24 heavy (non-hydrogen) atoms. The minimum atomic E-state index is -5.17. The summed E-state index contributed by atoms with van der Waals surface area (Å²) in [6.45, 7) is 12.5. The number of rotatable bonds is 2. The van der Waals surface area contributed by atoms with Crippen molar-refractivity contribution >= 4 is 12.6 Å². The summed E-state index contributed by atoms with van der Waals surface area (Å²) in [5.74, 6) is 0. The third-order valence-corrected chi connectivity index (χ3v) is 8.37. The summed E-state index contributed by atoms with van der Waals surface area (Å²) in [4.78, 5) is 33.9. The van der Waals surface area contributed by atoms with Gasteiger partial charge >= 0.3 is 145 Å². The fourth-order valence-electron chi connectivity index (χ4n) is 4.55. The SMILES string of the molecule is CC(C)(C)C1(C(C)(C)C)C=CC=CC1P(O)(O)(O)c1ccccc1. The van der Waals surface area contributed by atoms with Gasteiger partial charge in [-0.15, -0.1) is 0 Å². The molecule has 0 heterocycles. The molecule has 134 valence electrons. The molecule has 3 nitrogen and oxygen atoms in total. The molecule has 0 aliphatic heterocycles. The molecule has 1 aliphatic rings. The normalized spacial score (nSPS) is 22.9. The quantitative estimate of drug-likeness (QED) is 0.702. The van der Waals surface area contributed by atoms with Gasteiger partial charge in [0.05, 0.1) is 0 Å². The molecule has 3 N–H and O–H groups in total. The van der Waals surface area contributed by atoms with Gasteiger partial charge in [-0.25, -0.2) is 0 Å². The van der Waals surface area contributed by atoms with Crippen molar-refractivity contribution in [2.45, 2.75) is 47.2 Å². The fourth-order valence-corrected chi connectivity index (χ4v) is 7.64. The Morgan fingerprint density at radius 1 is 0.833 bits per heavy atom. The van der Waals surface area contributed by atoms with Crippen molar-refractivity contribution < 1.29 is 14.7 Å². The first kappa shape index (κ1) is 19.3. The molecule has 0 amide bonds. The molecule has 0 saturated carbocycles. The number of benzene rings is 1. The molecule has 2 rings (SSSR count). The Bertz CT molecular complexity index is 638. The van der Waals surface area contributed by atoms with Crippen LogP contribution < -0.4 is 5.30 Å². The fraction of sp³-hybridized carbons (Fsp3) is 0.500. The van der Waals surface area contributed by atoms with Gasteiger partial charge in [0.25, 0.3) is 0 Å². The predicted octanol–water partition coefficient (Wildman–Crippen LogP) is 4.16. The van der Waals surface area contributed by atoms with Crippen LogP contribution in [0.1, 0.15) is 41.5 Å². The Morgan fingerprint density at radius 3 is 1.79 bits per heavy atom. The van der Waals surface area contributed by atoms with Crippen LogP contribution in [0.2, 0.25) is 0 Å². The molecule has 0 bridgehead atoms. The van der Waals surface area contributed by atoms with Crippen LogP contribution in [0.4, 0.5) is 0 Å². The second-order valence-corrected chi connectivity index (χ2v) is 12.1. The molecule has 1 atom stereocenters. The van der Waals surface area contributed by atoms with E-state index in [1.807, 2.05) is 12.2 Å². The van der Waals surface area contributed by atoms with Crippen LogP contribution in [-0.4, -0.2) is 20.3 Å². The number of hydrogen-bond donors (Lipinski definition) is 3. The van der Waals surface area contributed by atoms with E-state index in [1.54, 1.807) is 42.5 Å². The standard InChI is InChI=1S/C20H31O3P/c1-18(2,3)20(19(4,5)6)15-11-10-14-17(20)24(21,22,23)16-12-8-7-9-13-16/h7-15,17,21-23H,1-6H3. The summed E-state index contributed by atoms with van der Waals surface area (Å²) in [5, 5.41) is 0.200.